The summed E-state index contributed by atoms with van der Waals surface area (Å²) in [5.74, 6) is 0.812. The highest BCUT2D eigenvalue weighted by molar-refractivity contribution is 7.91. The number of hydrogen-bond donors (Lipinski definition) is 1. The average molecular weight is 337 g/mol. The molecule has 1 aliphatic rings. The van der Waals surface area contributed by atoms with E-state index in [4.69, 9.17) is 4.74 Å². The van der Waals surface area contributed by atoms with Crippen molar-refractivity contribution >= 4 is 21.4 Å². The lowest BCUT2D eigenvalue weighted by molar-refractivity contribution is 0.322. The van der Waals surface area contributed by atoms with E-state index < -0.39 is 10.0 Å². The maximum absolute atomic E-state index is 12.1. The summed E-state index contributed by atoms with van der Waals surface area (Å²) in [5, 5.41) is 0. The summed E-state index contributed by atoms with van der Waals surface area (Å²) in [4.78, 5) is 0.981. The van der Waals surface area contributed by atoms with Crippen LogP contribution in [-0.2, 0) is 22.9 Å². The molecule has 0 bridgehead atoms. The van der Waals surface area contributed by atoms with Gasteiger partial charge in [-0.2, -0.15) is 0 Å². The fourth-order valence-corrected chi connectivity index (χ4v) is 4.95. The molecule has 1 aromatic heterocycles. The van der Waals surface area contributed by atoms with Gasteiger partial charge in [0.1, 0.15) is 16.6 Å². The monoisotopic (exact) mass is 337 g/mol. The largest absolute Gasteiger partial charge is 0.492 e. The van der Waals surface area contributed by atoms with E-state index in [-0.39, 0.29) is 6.54 Å². The van der Waals surface area contributed by atoms with Gasteiger partial charge in [-0.05, 0) is 61.6 Å². The molecule has 0 saturated carbocycles. The molecule has 3 rings (SSSR count). The predicted octanol–water partition coefficient (Wildman–Crippen LogP) is 2.90. The van der Waals surface area contributed by atoms with Crippen LogP contribution in [0.3, 0.4) is 0 Å². The molecular weight excluding hydrogens is 318 g/mol. The van der Waals surface area contributed by atoms with Crippen LogP contribution in [0.4, 0.5) is 0 Å². The first-order valence-electron chi connectivity index (χ1n) is 7.35. The van der Waals surface area contributed by atoms with Gasteiger partial charge in [-0.15, -0.1) is 11.3 Å². The van der Waals surface area contributed by atoms with Gasteiger partial charge in [0, 0.05) is 11.4 Å². The van der Waals surface area contributed by atoms with Crippen LogP contribution >= 0.6 is 11.3 Å². The molecule has 0 amide bonds. The van der Waals surface area contributed by atoms with Crippen molar-refractivity contribution in [1.29, 1.82) is 0 Å². The fourth-order valence-electron chi connectivity index (χ4n) is 2.61. The predicted molar refractivity (Wildman–Crippen MR) is 88.2 cm³/mol. The highest BCUT2D eigenvalue weighted by Crippen LogP contribution is 2.26. The first-order chi connectivity index (χ1) is 10.5. The van der Waals surface area contributed by atoms with Crippen molar-refractivity contribution in [2.45, 2.75) is 30.4 Å². The van der Waals surface area contributed by atoms with Crippen molar-refractivity contribution in [3.05, 3.63) is 46.3 Å². The molecule has 22 heavy (non-hydrogen) atoms. The highest BCUT2D eigenvalue weighted by Gasteiger charge is 2.15. The summed E-state index contributed by atoms with van der Waals surface area (Å²) in [6.45, 7) is 2.47. The number of hydrogen-bond acceptors (Lipinski definition) is 4. The van der Waals surface area contributed by atoms with Crippen LogP contribution < -0.4 is 9.46 Å². The van der Waals surface area contributed by atoms with Crippen LogP contribution in [0.2, 0.25) is 0 Å². The molecule has 1 aliphatic carbocycles. The van der Waals surface area contributed by atoms with Crippen LogP contribution in [0, 0.1) is 6.92 Å². The smallest absolute Gasteiger partial charge is 0.250 e. The van der Waals surface area contributed by atoms with Gasteiger partial charge < -0.3 is 4.74 Å². The summed E-state index contributed by atoms with van der Waals surface area (Å²) in [6.07, 6.45) is 3.46. The van der Waals surface area contributed by atoms with E-state index in [0.29, 0.717) is 10.8 Å². The van der Waals surface area contributed by atoms with Crippen molar-refractivity contribution in [2.75, 3.05) is 13.2 Å². The Hall–Kier alpha value is -1.37. The standard InChI is InChI=1S/C16H19NO3S2/c1-12-5-8-16(21-12)22(18,19)17-9-10-20-15-7-6-13-3-2-4-14(13)11-15/h5-8,11,17H,2-4,9-10H2,1H3. The van der Waals surface area contributed by atoms with E-state index in [1.165, 1.54) is 28.9 Å². The molecule has 6 heteroatoms. The van der Waals surface area contributed by atoms with Crippen LogP contribution in [0.5, 0.6) is 5.75 Å². The highest BCUT2D eigenvalue weighted by atomic mass is 32.2. The second kappa shape index (κ2) is 6.40. The molecule has 118 valence electrons. The Labute approximate surface area is 135 Å². The third kappa shape index (κ3) is 3.51. The molecule has 2 aromatic rings. The van der Waals surface area contributed by atoms with Gasteiger partial charge in [-0.25, -0.2) is 13.1 Å². The van der Waals surface area contributed by atoms with Gasteiger partial charge in [0.05, 0.1) is 0 Å². The Morgan fingerprint density at radius 1 is 1.18 bits per heavy atom. The summed E-state index contributed by atoms with van der Waals surface area (Å²) < 4.78 is 32.7. The number of sulfonamides is 1. The SMILES string of the molecule is Cc1ccc(S(=O)(=O)NCCOc2ccc3c(c2)CCC3)s1. The number of fused-ring (bicyclic) bond motifs is 1. The third-order valence-corrected chi connectivity index (χ3v) is 6.67. The summed E-state index contributed by atoms with van der Waals surface area (Å²) >= 11 is 1.27. The Morgan fingerprint density at radius 3 is 2.77 bits per heavy atom. The minimum absolute atomic E-state index is 0.260. The van der Waals surface area contributed by atoms with E-state index in [2.05, 4.69) is 16.9 Å². The molecule has 0 fully saturated rings. The van der Waals surface area contributed by atoms with Gasteiger partial charge in [0.15, 0.2) is 0 Å². The molecule has 0 saturated heterocycles. The average Bonchev–Trinajstić information content (AvgIpc) is 3.12. The van der Waals surface area contributed by atoms with Crippen molar-refractivity contribution in [1.82, 2.24) is 4.72 Å². The Morgan fingerprint density at radius 2 is 2.00 bits per heavy atom. The molecule has 1 heterocycles. The van der Waals surface area contributed by atoms with Crippen LogP contribution in [0.1, 0.15) is 22.4 Å². The zero-order chi connectivity index (χ0) is 15.6. The Bertz CT molecular complexity index is 765. The lowest BCUT2D eigenvalue weighted by atomic mass is 10.1. The topological polar surface area (TPSA) is 55.4 Å². The number of ether oxygens (including phenoxy) is 1. The van der Waals surface area contributed by atoms with Gasteiger partial charge in [-0.3, -0.25) is 0 Å². The normalized spacial score (nSPS) is 14.0. The molecule has 0 atom stereocenters. The second-order valence-corrected chi connectivity index (χ2v) is 8.68. The van der Waals surface area contributed by atoms with Crippen LogP contribution in [-0.4, -0.2) is 21.6 Å². The molecule has 0 aliphatic heterocycles. The minimum Gasteiger partial charge on any atom is -0.492 e. The Kier molecular flexibility index (Phi) is 4.52. The third-order valence-electron chi connectivity index (χ3n) is 3.71. The van der Waals surface area contributed by atoms with Gasteiger partial charge in [-0.1, -0.05) is 6.07 Å². The first kappa shape index (κ1) is 15.5. The van der Waals surface area contributed by atoms with Crippen LogP contribution in [0.15, 0.2) is 34.5 Å². The lowest BCUT2D eigenvalue weighted by Gasteiger charge is -2.09. The second-order valence-electron chi connectivity index (χ2n) is 5.40. The number of aryl methyl sites for hydroxylation is 3. The fraction of sp³-hybridized carbons (Fsp3) is 0.375. The molecule has 0 spiro atoms. The van der Waals surface area contributed by atoms with Gasteiger partial charge in [0.25, 0.3) is 0 Å². The van der Waals surface area contributed by atoms with E-state index in [1.54, 1.807) is 12.1 Å². The van der Waals surface area contributed by atoms with Crippen LogP contribution in [0.25, 0.3) is 0 Å². The quantitative estimate of drug-likeness (QED) is 0.825. The number of nitrogens with one attached hydrogen (secondary N) is 1. The Balaban J connectivity index is 1.51. The first-order valence-corrected chi connectivity index (χ1v) is 9.65. The molecule has 1 aromatic carbocycles. The maximum Gasteiger partial charge on any atom is 0.250 e. The molecule has 4 nitrogen and oxygen atoms in total. The number of rotatable bonds is 6. The van der Waals surface area contributed by atoms with Gasteiger partial charge >= 0.3 is 0 Å². The van der Waals surface area contributed by atoms with Crippen molar-refractivity contribution in [2.24, 2.45) is 0 Å². The van der Waals surface area contributed by atoms with E-state index in [9.17, 15) is 8.42 Å². The van der Waals surface area contributed by atoms with Gasteiger partial charge in [0.2, 0.25) is 10.0 Å². The number of benzene rings is 1. The van der Waals surface area contributed by atoms with E-state index >= 15 is 0 Å². The van der Waals surface area contributed by atoms with Crippen molar-refractivity contribution in [3.63, 3.8) is 0 Å². The zero-order valence-corrected chi connectivity index (χ0v) is 14.1. The molecule has 1 N–H and O–H groups in total. The maximum atomic E-state index is 12.1. The summed E-state index contributed by atoms with van der Waals surface area (Å²) in [6, 6.07) is 9.57. The zero-order valence-electron chi connectivity index (χ0n) is 12.5. The summed E-state index contributed by atoms with van der Waals surface area (Å²) in [5.41, 5.74) is 2.76. The molecule has 0 radical (unpaired) electrons. The molecular formula is C16H19NO3S2. The van der Waals surface area contributed by atoms with E-state index in [0.717, 1.165) is 23.5 Å². The number of thiophene rings is 1. The molecule has 0 unspecified atom stereocenters. The van der Waals surface area contributed by atoms with Crippen molar-refractivity contribution in [3.8, 4) is 5.75 Å². The minimum atomic E-state index is -3.41. The summed E-state index contributed by atoms with van der Waals surface area (Å²) in [7, 11) is -3.41. The lowest BCUT2D eigenvalue weighted by Crippen LogP contribution is -2.27. The van der Waals surface area contributed by atoms with E-state index in [1.807, 2.05) is 13.0 Å². The van der Waals surface area contributed by atoms with Crippen molar-refractivity contribution < 1.29 is 13.2 Å².